The van der Waals surface area contributed by atoms with E-state index < -0.39 is 12.0 Å². The van der Waals surface area contributed by atoms with Crippen LogP contribution in [0.4, 0.5) is 4.79 Å². The SMILES string of the molecule is CCOC(=O)NC(=O)C=CN1CCCC1. The minimum Gasteiger partial charge on any atom is -0.450 e. The first-order chi connectivity index (χ1) is 7.22. The van der Waals surface area contributed by atoms with Gasteiger partial charge in [0, 0.05) is 25.4 Å². The molecular formula is C10H16N2O3. The molecule has 1 aliphatic rings. The van der Waals surface area contributed by atoms with Crippen molar-refractivity contribution >= 4 is 12.0 Å². The van der Waals surface area contributed by atoms with E-state index in [-0.39, 0.29) is 6.61 Å². The summed E-state index contributed by atoms with van der Waals surface area (Å²) >= 11 is 0. The van der Waals surface area contributed by atoms with Crippen LogP contribution in [-0.4, -0.2) is 36.6 Å². The predicted octanol–water partition coefficient (Wildman–Crippen LogP) is 0.869. The van der Waals surface area contributed by atoms with Crippen LogP contribution < -0.4 is 5.32 Å². The summed E-state index contributed by atoms with van der Waals surface area (Å²) in [6.45, 7) is 3.89. The van der Waals surface area contributed by atoms with E-state index in [0.717, 1.165) is 25.9 Å². The van der Waals surface area contributed by atoms with Crippen molar-refractivity contribution < 1.29 is 14.3 Å². The highest BCUT2D eigenvalue weighted by Crippen LogP contribution is 2.06. The summed E-state index contributed by atoms with van der Waals surface area (Å²) in [6.07, 6.45) is 4.67. The van der Waals surface area contributed by atoms with Crippen molar-refractivity contribution in [3.05, 3.63) is 12.3 Å². The van der Waals surface area contributed by atoms with Crippen LogP contribution >= 0.6 is 0 Å². The van der Waals surface area contributed by atoms with Gasteiger partial charge in [-0.2, -0.15) is 0 Å². The molecule has 0 aromatic rings. The van der Waals surface area contributed by atoms with Crippen molar-refractivity contribution in [2.24, 2.45) is 0 Å². The van der Waals surface area contributed by atoms with Crippen LogP contribution in [0, 0.1) is 0 Å². The zero-order valence-electron chi connectivity index (χ0n) is 8.86. The molecule has 0 aromatic heterocycles. The second kappa shape index (κ2) is 6.06. The maximum absolute atomic E-state index is 11.2. The molecule has 1 fully saturated rings. The second-order valence-electron chi connectivity index (χ2n) is 3.27. The Hall–Kier alpha value is -1.52. The Labute approximate surface area is 89.1 Å². The Kier molecular flexibility index (Phi) is 4.66. The lowest BCUT2D eigenvalue weighted by Crippen LogP contribution is -2.29. The molecule has 1 N–H and O–H groups in total. The Morgan fingerprint density at radius 3 is 2.67 bits per heavy atom. The van der Waals surface area contributed by atoms with Gasteiger partial charge in [-0.25, -0.2) is 4.79 Å². The van der Waals surface area contributed by atoms with Gasteiger partial charge in [0.15, 0.2) is 0 Å². The monoisotopic (exact) mass is 212 g/mol. The summed E-state index contributed by atoms with van der Waals surface area (Å²) in [6, 6.07) is 0. The molecule has 0 radical (unpaired) electrons. The Morgan fingerprint density at radius 2 is 2.07 bits per heavy atom. The first-order valence-electron chi connectivity index (χ1n) is 5.12. The quantitative estimate of drug-likeness (QED) is 0.705. The number of imide groups is 1. The topological polar surface area (TPSA) is 58.6 Å². The van der Waals surface area contributed by atoms with Gasteiger partial charge in [-0.3, -0.25) is 10.1 Å². The van der Waals surface area contributed by atoms with Crippen LogP contribution in [0.25, 0.3) is 0 Å². The Balaban J connectivity index is 2.25. The third kappa shape index (κ3) is 4.49. The number of amides is 2. The molecule has 0 spiro atoms. The standard InChI is InChI=1S/C10H16N2O3/c1-2-15-10(14)11-9(13)5-8-12-6-3-4-7-12/h5,8H,2-4,6-7H2,1H3,(H,11,13,14). The minimum absolute atomic E-state index is 0.259. The van der Waals surface area contributed by atoms with Crippen molar-refractivity contribution in [3.63, 3.8) is 0 Å². The molecular weight excluding hydrogens is 196 g/mol. The average molecular weight is 212 g/mol. The Morgan fingerprint density at radius 1 is 1.40 bits per heavy atom. The highest BCUT2D eigenvalue weighted by Gasteiger charge is 2.08. The summed E-state index contributed by atoms with van der Waals surface area (Å²) in [7, 11) is 0. The van der Waals surface area contributed by atoms with Gasteiger partial charge in [-0.05, 0) is 19.8 Å². The van der Waals surface area contributed by atoms with E-state index in [4.69, 9.17) is 0 Å². The smallest absolute Gasteiger partial charge is 0.414 e. The fourth-order valence-electron chi connectivity index (χ4n) is 1.37. The molecule has 0 atom stereocenters. The third-order valence-electron chi connectivity index (χ3n) is 2.08. The lowest BCUT2D eigenvalue weighted by Gasteiger charge is -2.09. The molecule has 0 bridgehead atoms. The molecule has 1 saturated heterocycles. The van der Waals surface area contributed by atoms with Crippen molar-refractivity contribution in [2.75, 3.05) is 19.7 Å². The van der Waals surface area contributed by atoms with Gasteiger partial charge < -0.3 is 9.64 Å². The second-order valence-corrected chi connectivity index (χ2v) is 3.27. The van der Waals surface area contributed by atoms with Crippen LogP contribution in [0.3, 0.4) is 0 Å². The first-order valence-corrected chi connectivity index (χ1v) is 5.12. The van der Waals surface area contributed by atoms with E-state index in [0.29, 0.717) is 0 Å². The summed E-state index contributed by atoms with van der Waals surface area (Å²) in [4.78, 5) is 24.1. The normalized spacial score (nSPS) is 15.7. The maximum Gasteiger partial charge on any atom is 0.414 e. The maximum atomic E-state index is 11.2. The zero-order valence-corrected chi connectivity index (χ0v) is 8.86. The van der Waals surface area contributed by atoms with Gasteiger partial charge in [0.2, 0.25) is 0 Å². The van der Waals surface area contributed by atoms with Gasteiger partial charge in [0.1, 0.15) is 0 Å². The molecule has 5 nitrogen and oxygen atoms in total. The fraction of sp³-hybridized carbons (Fsp3) is 0.600. The Bertz CT molecular complexity index is 257. The number of nitrogens with zero attached hydrogens (tertiary/aromatic N) is 1. The lowest BCUT2D eigenvalue weighted by atomic mass is 10.4. The molecule has 0 aromatic carbocycles. The minimum atomic E-state index is -0.700. The van der Waals surface area contributed by atoms with Crippen LogP contribution in [0.1, 0.15) is 19.8 Å². The number of nitrogens with one attached hydrogen (secondary N) is 1. The lowest BCUT2D eigenvalue weighted by molar-refractivity contribution is -0.115. The van der Waals surface area contributed by atoms with E-state index in [9.17, 15) is 9.59 Å². The molecule has 5 heteroatoms. The number of likely N-dealkylation sites (tertiary alicyclic amines) is 1. The molecule has 1 aliphatic heterocycles. The van der Waals surface area contributed by atoms with Gasteiger partial charge >= 0.3 is 6.09 Å². The van der Waals surface area contributed by atoms with E-state index in [2.05, 4.69) is 10.1 Å². The van der Waals surface area contributed by atoms with E-state index >= 15 is 0 Å². The van der Waals surface area contributed by atoms with E-state index in [1.807, 2.05) is 4.90 Å². The summed E-state index contributed by atoms with van der Waals surface area (Å²) in [5, 5.41) is 2.09. The molecule has 0 saturated carbocycles. The largest absolute Gasteiger partial charge is 0.450 e. The van der Waals surface area contributed by atoms with Crippen molar-refractivity contribution in [1.29, 1.82) is 0 Å². The van der Waals surface area contributed by atoms with Gasteiger partial charge in [0.05, 0.1) is 6.61 Å². The van der Waals surface area contributed by atoms with Crippen LogP contribution in [-0.2, 0) is 9.53 Å². The number of carbonyl (C=O) groups is 2. The predicted molar refractivity (Wildman–Crippen MR) is 55.1 cm³/mol. The number of rotatable bonds is 3. The molecule has 2 amide bonds. The van der Waals surface area contributed by atoms with Crippen LogP contribution in [0.2, 0.25) is 0 Å². The highest BCUT2D eigenvalue weighted by molar-refractivity contribution is 5.98. The van der Waals surface area contributed by atoms with Gasteiger partial charge in [-0.15, -0.1) is 0 Å². The highest BCUT2D eigenvalue weighted by atomic mass is 16.5. The summed E-state index contributed by atoms with van der Waals surface area (Å²) < 4.78 is 4.57. The number of ether oxygens (including phenoxy) is 1. The first kappa shape index (κ1) is 11.6. The van der Waals surface area contributed by atoms with Crippen molar-refractivity contribution in [1.82, 2.24) is 10.2 Å². The average Bonchev–Trinajstić information content (AvgIpc) is 2.67. The number of hydrogen-bond acceptors (Lipinski definition) is 4. The molecule has 1 heterocycles. The van der Waals surface area contributed by atoms with Crippen molar-refractivity contribution in [3.8, 4) is 0 Å². The molecule has 15 heavy (non-hydrogen) atoms. The molecule has 1 rings (SSSR count). The third-order valence-corrected chi connectivity index (χ3v) is 2.08. The van der Waals surface area contributed by atoms with Gasteiger partial charge in [0.25, 0.3) is 5.91 Å². The molecule has 0 unspecified atom stereocenters. The molecule has 84 valence electrons. The number of carbonyl (C=O) groups excluding carboxylic acids is 2. The van der Waals surface area contributed by atoms with Crippen molar-refractivity contribution in [2.45, 2.75) is 19.8 Å². The fourth-order valence-corrected chi connectivity index (χ4v) is 1.37. The summed E-state index contributed by atoms with van der Waals surface area (Å²) in [5.74, 6) is -0.444. The van der Waals surface area contributed by atoms with Crippen LogP contribution in [0.5, 0.6) is 0 Å². The van der Waals surface area contributed by atoms with E-state index in [1.54, 1.807) is 13.1 Å². The number of alkyl carbamates (subject to hydrolysis) is 1. The van der Waals surface area contributed by atoms with Gasteiger partial charge in [-0.1, -0.05) is 0 Å². The van der Waals surface area contributed by atoms with Crippen LogP contribution in [0.15, 0.2) is 12.3 Å². The zero-order chi connectivity index (χ0) is 11.1. The van der Waals surface area contributed by atoms with E-state index in [1.165, 1.54) is 6.08 Å². The summed E-state index contributed by atoms with van der Waals surface area (Å²) in [5.41, 5.74) is 0. The molecule has 0 aliphatic carbocycles. The number of hydrogen-bond donors (Lipinski definition) is 1.